The number of aryl methyl sites for hydroxylation is 1. The zero-order valence-corrected chi connectivity index (χ0v) is 11.3. The van der Waals surface area contributed by atoms with E-state index in [1.54, 1.807) is 0 Å². The van der Waals surface area contributed by atoms with E-state index in [9.17, 15) is 0 Å². The minimum Gasteiger partial charge on any atom is -0.326 e. The predicted molar refractivity (Wildman–Crippen MR) is 70.9 cm³/mol. The molecule has 3 heteroatoms. The molecule has 0 aliphatic carbocycles. The molecule has 16 heavy (non-hydrogen) atoms. The molecule has 2 rings (SSSR count). The van der Waals surface area contributed by atoms with Crippen LogP contribution >= 0.6 is 11.3 Å². The van der Waals surface area contributed by atoms with Crippen LogP contribution in [-0.4, -0.2) is 23.5 Å². The van der Waals surface area contributed by atoms with Gasteiger partial charge in [-0.1, -0.05) is 6.92 Å². The fraction of sp³-hybridized carbons (Fsp3) is 0.692. The van der Waals surface area contributed by atoms with Crippen molar-refractivity contribution in [3.8, 4) is 0 Å². The van der Waals surface area contributed by atoms with Crippen LogP contribution < -0.4 is 5.73 Å². The first kappa shape index (κ1) is 12.1. The number of rotatable bonds is 3. The lowest BCUT2D eigenvalue weighted by molar-refractivity contribution is 0.201. The van der Waals surface area contributed by atoms with Crippen molar-refractivity contribution in [3.63, 3.8) is 0 Å². The van der Waals surface area contributed by atoms with Crippen LogP contribution in [0, 0.1) is 0 Å². The fourth-order valence-electron chi connectivity index (χ4n) is 2.54. The van der Waals surface area contributed by atoms with E-state index < -0.39 is 0 Å². The standard InChI is InChI=1S/C13H22N2S/c1-4-10-5-6-12(16-10)13-11(14)7-8-15(13)9(2)3/h5-6,9,11,13H,4,7-8,14H2,1-3H3. The molecule has 1 aromatic rings. The Labute approximate surface area is 102 Å². The highest BCUT2D eigenvalue weighted by atomic mass is 32.1. The van der Waals surface area contributed by atoms with Gasteiger partial charge in [-0.25, -0.2) is 0 Å². The molecule has 2 heterocycles. The monoisotopic (exact) mass is 238 g/mol. The summed E-state index contributed by atoms with van der Waals surface area (Å²) in [6, 6.07) is 5.87. The summed E-state index contributed by atoms with van der Waals surface area (Å²) in [6.07, 6.45) is 2.26. The molecule has 0 amide bonds. The summed E-state index contributed by atoms with van der Waals surface area (Å²) in [6.45, 7) is 7.88. The van der Waals surface area contributed by atoms with Gasteiger partial charge in [0.25, 0.3) is 0 Å². The Kier molecular flexibility index (Phi) is 3.67. The molecule has 2 N–H and O–H groups in total. The maximum Gasteiger partial charge on any atom is 0.0596 e. The van der Waals surface area contributed by atoms with Crippen LogP contribution in [0.25, 0.3) is 0 Å². The lowest BCUT2D eigenvalue weighted by Crippen LogP contribution is -2.35. The molecule has 2 unspecified atom stereocenters. The second-order valence-corrected chi connectivity index (χ2v) is 6.09. The van der Waals surface area contributed by atoms with Crippen LogP contribution in [0.2, 0.25) is 0 Å². The molecular weight excluding hydrogens is 216 g/mol. The van der Waals surface area contributed by atoms with Crippen molar-refractivity contribution in [3.05, 3.63) is 21.9 Å². The third kappa shape index (κ3) is 2.17. The van der Waals surface area contributed by atoms with Crippen LogP contribution in [0.4, 0.5) is 0 Å². The number of likely N-dealkylation sites (tertiary alicyclic amines) is 1. The summed E-state index contributed by atoms with van der Waals surface area (Å²) < 4.78 is 0. The normalized spacial score (nSPS) is 26.8. The van der Waals surface area contributed by atoms with Gasteiger partial charge in [0, 0.05) is 28.4 Å². The Morgan fingerprint density at radius 1 is 1.50 bits per heavy atom. The summed E-state index contributed by atoms with van der Waals surface area (Å²) in [5.74, 6) is 0. The van der Waals surface area contributed by atoms with E-state index >= 15 is 0 Å². The molecule has 1 aliphatic rings. The van der Waals surface area contributed by atoms with Crippen LogP contribution in [0.1, 0.15) is 43.0 Å². The van der Waals surface area contributed by atoms with Crippen LogP contribution in [-0.2, 0) is 6.42 Å². The van der Waals surface area contributed by atoms with Crippen molar-refractivity contribution in [2.75, 3.05) is 6.54 Å². The highest BCUT2D eigenvalue weighted by Gasteiger charge is 2.35. The Morgan fingerprint density at radius 2 is 2.25 bits per heavy atom. The summed E-state index contributed by atoms with van der Waals surface area (Å²) in [4.78, 5) is 5.46. The molecule has 2 atom stereocenters. The van der Waals surface area contributed by atoms with Crippen molar-refractivity contribution >= 4 is 11.3 Å². The molecule has 0 bridgehead atoms. The minimum absolute atomic E-state index is 0.311. The van der Waals surface area contributed by atoms with Gasteiger partial charge >= 0.3 is 0 Å². The summed E-state index contributed by atoms with van der Waals surface area (Å²) >= 11 is 1.93. The molecule has 0 radical (unpaired) electrons. The highest BCUT2D eigenvalue weighted by Crippen LogP contribution is 2.36. The summed E-state index contributed by atoms with van der Waals surface area (Å²) in [5.41, 5.74) is 6.25. The minimum atomic E-state index is 0.311. The van der Waals surface area contributed by atoms with E-state index in [0.717, 1.165) is 19.4 Å². The predicted octanol–water partition coefficient (Wildman–Crippen LogP) is 2.79. The number of hydrogen-bond acceptors (Lipinski definition) is 3. The number of thiophene rings is 1. The van der Waals surface area contributed by atoms with Crippen molar-refractivity contribution in [1.82, 2.24) is 4.90 Å². The van der Waals surface area contributed by atoms with Gasteiger partial charge in [0.15, 0.2) is 0 Å². The van der Waals surface area contributed by atoms with E-state index in [4.69, 9.17) is 5.73 Å². The van der Waals surface area contributed by atoms with Crippen molar-refractivity contribution in [2.24, 2.45) is 5.73 Å². The van der Waals surface area contributed by atoms with E-state index in [1.807, 2.05) is 11.3 Å². The van der Waals surface area contributed by atoms with Crippen molar-refractivity contribution < 1.29 is 0 Å². The van der Waals surface area contributed by atoms with Crippen molar-refractivity contribution in [1.29, 1.82) is 0 Å². The number of nitrogens with zero attached hydrogens (tertiary/aromatic N) is 1. The third-order valence-electron chi connectivity index (χ3n) is 3.47. The first-order chi connectivity index (χ1) is 7.63. The van der Waals surface area contributed by atoms with E-state index in [1.165, 1.54) is 9.75 Å². The molecular formula is C13H22N2S. The quantitative estimate of drug-likeness (QED) is 0.877. The van der Waals surface area contributed by atoms with Crippen molar-refractivity contribution in [2.45, 2.75) is 51.7 Å². The first-order valence-corrected chi connectivity index (χ1v) is 7.05. The zero-order chi connectivity index (χ0) is 11.7. The molecule has 0 aromatic carbocycles. The molecule has 1 fully saturated rings. The SMILES string of the molecule is CCc1ccc(C2C(N)CCN2C(C)C)s1. The maximum atomic E-state index is 6.25. The summed E-state index contributed by atoms with van der Waals surface area (Å²) in [5, 5.41) is 0. The lowest BCUT2D eigenvalue weighted by Gasteiger charge is -2.29. The van der Waals surface area contributed by atoms with Crippen LogP contribution in [0.3, 0.4) is 0 Å². The molecule has 1 saturated heterocycles. The third-order valence-corrected chi connectivity index (χ3v) is 4.77. The van der Waals surface area contributed by atoms with E-state index in [-0.39, 0.29) is 0 Å². The second kappa shape index (κ2) is 4.86. The summed E-state index contributed by atoms with van der Waals surface area (Å²) in [7, 11) is 0. The molecule has 0 spiro atoms. The largest absolute Gasteiger partial charge is 0.326 e. The average molecular weight is 238 g/mol. The number of nitrogens with two attached hydrogens (primary N) is 1. The van der Waals surface area contributed by atoms with Gasteiger partial charge in [0.1, 0.15) is 0 Å². The van der Waals surface area contributed by atoms with Gasteiger partial charge in [-0.15, -0.1) is 11.3 Å². The van der Waals surface area contributed by atoms with Gasteiger partial charge in [-0.05, 0) is 38.8 Å². The molecule has 90 valence electrons. The zero-order valence-electron chi connectivity index (χ0n) is 10.4. The Hall–Kier alpha value is -0.380. The van der Waals surface area contributed by atoms with E-state index in [2.05, 4.69) is 37.8 Å². The average Bonchev–Trinajstić information content (AvgIpc) is 2.83. The smallest absolute Gasteiger partial charge is 0.0596 e. The number of hydrogen-bond donors (Lipinski definition) is 1. The van der Waals surface area contributed by atoms with Gasteiger partial charge in [-0.3, -0.25) is 4.90 Å². The molecule has 0 saturated carbocycles. The lowest BCUT2D eigenvalue weighted by atomic mass is 10.1. The van der Waals surface area contributed by atoms with Gasteiger partial charge in [0.05, 0.1) is 6.04 Å². The van der Waals surface area contributed by atoms with Gasteiger partial charge in [0.2, 0.25) is 0 Å². The van der Waals surface area contributed by atoms with Crippen LogP contribution in [0.15, 0.2) is 12.1 Å². The van der Waals surface area contributed by atoms with Gasteiger partial charge < -0.3 is 5.73 Å². The topological polar surface area (TPSA) is 29.3 Å². The fourth-order valence-corrected chi connectivity index (χ4v) is 3.69. The maximum absolute atomic E-state index is 6.25. The Bertz CT molecular complexity index is 345. The van der Waals surface area contributed by atoms with E-state index in [0.29, 0.717) is 18.1 Å². The highest BCUT2D eigenvalue weighted by molar-refractivity contribution is 7.12. The molecule has 1 aromatic heterocycles. The van der Waals surface area contributed by atoms with Crippen LogP contribution in [0.5, 0.6) is 0 Å². The Morgan fingerprint density at radius 3 is 2.81 bits per heavy atom. The molecule has 1 aliphatic heterocycles. The van der Waals surface area contributed by atoms with Gasteiger partial charge in [-0.2, -0.15) is 0 Å². The molecule has 2 nitrogen and oxygen atoms in total. The second-order valence-electron chi connectivity index (χ2n) is 4.89. The Balaban J connectivity index is 2.22. The first-order valence-electron chi connectivity index (χ1n) is 6.23.